The Morgan fingerprint density at radius 2 is 1.59 bits per heavy atom. The molecule has 2 amide bonds. The average molecular weight is 424 g/mol. The number of hydrogen-bond acceptors (Lipinski definition) is 3. The highest BCUT2D eigenvalue weighted by Crippen LogP contribution is 2.40. The van der Waals surface area contributed by atoms with Gasteiger partial charge in [0.2, 0.25) is 0 Å². The summed E-state index contributed by atoms with van der Waals surface area (Å²) in [5.41, 5.74) is 1.51. The molecule has 2 fully saturated rings. The van der Waals surface area contributed by atoms with Crippen molar-refractivity contribution >= 4 is 27.2 Å². The number of carbonyl (C=O) groups excluding carboxylic acids is 1. The van der Waals surface area contributed by atoms with Crippen LogP contribution in [0.4, 0.5) is 29.3 Å². The first-order chi connectivity index (χ1) is 13.5. The quantitative estimate of drug-likeness (QED) is 0.687. The number of rotatable bonds is 2. The largest absolute Gasteiger partial charge is 0.416 e. The normalized spacial score (nSPS) is 23.6. The molecule has 5 nitrogen and oxygen atoms in total. The van der Waals surface area contributed by atoms with Gasteiger partial charge in [-0.05, 0) is 49.2 Å². The molecule has 154 valence electrons. The molecule has 0 radical (unpaired) electrons. The molecule has 0 aliphatic carbocycles. The predicted molar refractivity (Wildman–Crippen MR) is 104 cm³/mol. The van der Waals surface area contributed by atoms with E-state index in [-0.39, 0.29) is 17.2 Å². The second-order valence-corrected chi connectivity index (χ2v) is 9.66. The maximum Gasteiger partial charge on any atom is 0.416 e. The smallest absolute Gasteiger partial charge is 0.288 e. The van der Waals surface area contributed by atoms with Gasteiger partial charge >= 0.3 is 12.2 Å². The molecule has 0 spiro atoms. The Morgan fingerprint density at radius 3 is 2.24 bits per heavy atom. The summed E-state index contributed by atoms with van der Waals surface area (Å²) in [4.78, 5) is 16.0. The second kappa shape index (κ2) is 6.48. The van der Waals surface area contributed by atoms with Crippen LogP contribution in [0.5, 0.6) is 0 Å². The van der Waals surface area contributed by atoms with Gasteiger partial charge in [0.1, 0.15) is 0 Å². The van der Waals surface area contributed by atoms with Gasteiger partial charge in [0.15, 0.2) is 9.84 Å². The minimum atomic E-state index is -4.56. The van der Waals surface area contributed by atoms with Gasteiger partial charge in [-0.2, -0.15) is 13.2 Å². The van der Waals surface area contributed by atoms with Crippen LogP contribution in [0.2, 0.25) is 0 Å². The summed E-state index contributed by atoms with van der Waals surface area (Å²) < 4.78 is 64.2. The Bertz CT molecular complexity index is 1100. The first-order valence-corrected chi connectivity index (χ1v) is 10.9. The lowest BCUT2D eigenvalue weighted by molar-refractivity contribution is -0.137. The molecule has 29 heavy (non-hydrogen) atoms. The maximum absolute atomic E-state index is 13.3. The van der Waals surface area contributed by atoms with E-state index in [4.69, 9.17) is 0 Å². The number of fused-ring (bicyclic) bond motifs is 1. The Hall–Kier alpha value is -2.55. The van der Waals surface area contributed by atoms with Crippen molar-refractivity contribution in [3.8, 4) is 0 Å². The highest BCUT2D eigenvalue weighted by molar-refractivity contribution is 7.91. The Balaban J connectivity index is 1.84. The first kappa shape index (κ1) is 19.8. The third kappa shape index (κ3) is 3.27. The van der Waals surface area contributed by atoms with Crippen LogP contribution in [0.25, 0.3) is 0 Å². The summed E-state index contributed by atoms with van der Waals surface area (Å²) in [6.07, 6.45) is -4.56. The number of halogens is 3. The monoisotopic (exact) mass is 424 g/mol. The Morgan fingerprint density at radius 1 is 0.966 bits per heavy atom. The SMILES string of the molecule is Cc1cccc(N2C(=O)N(c3cccc(C(F)(F)F)c3)[C@@H]3CS(=O)(=O)C[C@@H]32)c1C. The molecule has 2 aromatic carbocycles. The minimum absolute atomic E-state index is 0.0460. The molecule has 2 aliphatic rings. The molecule has 0 aromatic heterocycles. The molecule has 2 heterocycles. The van der Waals surface area contributed by atoms with Gasteiger partial charge in [0.25, 0.3) is 0 Å². The van der Waals surface area contributed by atoms with E-state index in [1.54, 1.807) is 12.1 Å². The van der Waals surface area contributed by atoms with E-state index >= 15 is 0 Å². The number of sulfone groups is 1. The summed E-state index contributed by atoms with van der Waals surface area (Å²) >= 11 is 0. The van der Waals surface area contributed by atoms with E-state index in [1.807, 2.05) is 19.9 Å². The number of amides is 2. The van der Waals surface area contributed by atoms with Gasteiger partial charge < -0.3 is 0 Å². The summed E-state index contributed by atoms with van der Waals surface area (Å²) in [6, 6.07) is 7.94. The third-order valence-electron chi connectivity index (χ3n) is 5.66. The van der Waals surface area contributed by atoms with Crippen molar-refractivity contribution in [2.75, 3.05) is 21.3 Å². The van der Waals surface area contributed by atoms with Crippen LogP contribution in [0.1, 0.15) is 16.7 Å². The average Bonchev–Trinajstić information content (AvgIpc) is 3.06. The van der Waals surface area contributed by atoms with Gasteiger partial charge in [-0.1, -0.05) is 18.2 Å². The molecule has 2 atom stereocenters. The van der Waals surface area contributed by atoms with Crippen molar-refractivity contribution in [1.29, 1.82) is 0 Å². The van der Waals surface area contributed by atoms with Crippen LogP contribution >= 0.6 is 0 Å². The standard InChI is InChI=1S/C20H19F3N2O3S/c1-12-5-3-8-16(13(12)2)25-18-11-29(27,28)10-17(18)24(19(25)26)15-7-4-6-14(9-15)20(21,22)23/h3-9,17-18H,10-11H2,1-2H3/t17-,18+/m1/s1. The van der Waals surface area contributed by atoms with Crippen LogP contribution in [0, 0.1) is 13.8 Å². The lowest BCUT2D eigenvalue weighted by Gasteiger charge is -2.25. The molecule has 2 aliphatic heterocycles. The van der Waals surface area contributed by atoms with E-state index in [2.05, 4.69) is 0 Å². The summed E-state index contributed by atoms with van der Waals surface area (Å²) in [5, 5.41) is 0. The third-order valence-corrected chi connectivity index (χ3v) is 7.36. The van der Waals surface area contributed by atoms with E-state index in [0.29, 0.717) is 5.69 Å². The number of hydrogen-bond donors (Lipinski definition) is 0. The molecule has 0 unspecified atom stereocenters. The zero-order valence-corrected chi connectivity index (χ0v) is 16.6. The fraction of sp³-hybridized carbons (Fsp3) is 0.350. The topological polar surface area (TPSA) is 57.7 Å². The Labute approximate surface area is 166 Å². The van der Waals surface area contributed by atoms with Gasteiger partial charge in [-0.25, -0.2) is 13.2 Å². The Kier molecular flexibility index (Phi) is 4.41. The van der Waals surface area contributed by atoms with Crippen LogP contribution in [-0.2, 0) is 16.0 Å². The highest BCUT2D eigenvalue weighted by Gasteiger charge is 2.54. The summed E-state index contributed by atoms with van der Waals surface area (Å²) in [7, 11) is -3.43. The molecular weight excluding hydrogens is 405 g/mol. The number of carbonyl (C=O) groups is 1. The van der Waals surface area contributed by atoms with Crippen molar-refractivity contribution in [1.82, 2.24) is 0 Å². The predicted octanol–water partition coefficient (Wildman–Crippen LogP) is 3.93. The van der Waals surface area contributed by atoms with Crippen molar-refractivity contribution in [2.45, 2.75) is 32.1 Å². The molecule has 2 aromatic rings. The van der Waals surface area contributed by atoms with Crippen molar-refractivity contribution < 1.29 is 26.4 Å². The van der Waals surface area contributed by atoms with E-state index < -0.39 is 39.7 Å². The number of urea groups is 1. The first-order valence-electron chi connectivity index (χ1n) is 9.06. The molecular formula is C20H19F3N2O3S. The summed E-state index contributed by atoms with van der Waals surface area (Å²) in [5.74, 6) is -0.493. The molecule has 0 bridgehead atoms. The van der Waals surface area contributed by atoms with Gasteiger partial charge in [-0.15, -0.1) is 0 Å². The number of alkyl halides is 3. The number of nitrogens with zero attached hydrogens (tertiary/aromatic N) is 2. The zero-order valence-electron chi connectivity index (χ0n) is 15.8. The lowest BCUT2D eigenvalue weighted by atomic mass is 10.1. The molecule has 2 saturated heterocycles. The fourth-order valence-corrected chi connectivity index (χ4v) is 6.04. The minimum Gasteiger partial charge on any atom is -0.288 e. The van der Waals surface area contributed by atoms with Crippen LogP contribution in [0.15, 0.2) is 42.5 Å². The number of aryl methyl sites for hydroxylation is 1. The highest BCUT2D eigenvalue weighted by atomic mass is 32.2. The van der Waals surface area contributed by atoms with Crippen molar-refractivity contribution in [2.24, 2.45) is 0 Å². The molecule has 0 N–H and O–H groups in total. The van der Waals surface area contributed by atoms with E-state index in [9.17, 15) is 26.4 Å². The zero-order chi connectivity index (χ0) is 21.1. The van der Waals surface area contributed by atoms with Crippen LogP contribution < -0.4 is 9.80 Å². The van der Waals surface area contributed by atoms with Gasteiger partial charge in [0.05, 0.1) is 29.2 Å². The second-order valence-electron chi connectivity index (χ2n) is 7.50. The summed E-state index contributed by atoms with van der Waals surface area (Å²) in [6.45, 7) is 3.72. The number of anilines is 2. The lowest BCUT2D eigenvalue weighted by Crippen LogP contribution is -2.38. The number of benzene rings is 2. The van der Waals surface area contributed by atoms with Gasteiger partial charge in [0, 0.05) is 11.4 Å². The van der Waals surface area contributed by atoms with Crippen molar-refractivity contribution in [3.63, 3.8) is 0 Å². The van der Waals surface area contributed by atoms with Crippen LogP contribution in [0.3, 0.4) is 0 Å². The van der Waals surface area contributed by atoms with Crippen molar-refractivity contribution in [3.05, 3.63) is 59.2 Å². The van der Waals surface area contributed by atoms with Crippen LogP contribution in [-0.4, -0.2) is 38.0 Å². The molecule has 0 saturated carbocycles. The molecule has 4 rings (SSSR count). The van der Waals surface area contributed by atoms with Gasteiger partial charge in [-0.3, -0.25) is 9.80 Å². The van der Waals surface area contributed by atoms with E-state index in [1.165, 1.54) is 21.9 Å². The fourth-order valence-electron chi connectivity index (χ4n) is 4.12. The molecule has 9 heteroatoms. The van der Waals surface area contributed by atoms with E-state index in [0.717, 1.165) is 23.3 Å². The maximum atomic E-state index is 13.3.